The molecule has 0 saturated carbocycles. The van der Waals surface area contributed by atoms with Crippen LogP contribution in [0.25, 0.3) is 11.3 Å². The highest BCUT2D eigenvalue weighted by Crippen LogP contribution is 2.46. The molecule has 1 saturated heterocycles. The number of carboxylic acid groups (broad SMARTS) is 2. The topological polar surface area (TPSA) is 246 Å². The van der Waals surface area contributed by atoms with Gasteiger partial charge < -0.3 is 31.0 Å². The van der Waals surface area contributed by atoms with Crippen molar-refractivity contribution in [3.8, 4) is 11.3 Å². The van der Waals surface area contributed by atoms with E-state index >= 15 is 0 Å². The van der Waals surface area contributed by atoms with Gasteiger partial charge in [-0.05, 0) is 12.8 Å². The molecule has 3 aromatic heterocycles. The first-order valence-corrected chi connectivity index (χ1v) is 19.5. The van der Waals surface area contributed by atoms with E-state index in [-0.39, 0.29) is 53.5 Å². The number of hydrogen-bond donors (Lipinski definition) is 5. The number of oxime groups is 1. The van der Waals surface area contributed by atoms with Crippen molar-refractivity contribution >= 4 is 92.8 Å². The van der Waals surface area contributed by atoms with Gasteiger partial charge in [-0.25, -0.2) is 19.1 Å². The van der Waals surface area contributed by atoms with Gasteiger partial charge in [0.15, 0.2) is 16.7 Å². The maximum absolute atomic E-state index is 13.4. The minimum atomic E-state index is -1.29. The Morgan fingerprint density at radius 1 is 1.13 bits per heavy atom. The quantitative estimate of drug-likeness (QED) is 0.0599. The molecule has 1 fully saturated rings. The van der Waals surface area contributed by atoms with Gasteiger partial charge in [0.25, 0.3) is 11.8 Å². The summed E-state index contributed by atoms with van der Waals surface area (Å²) in [5.74, 6) is -5.53. The fourth-order valence-corrected chi connectivity index (χ4v) is 8.99. The van der Waals surface area contributed by atoms with E-state index in [9.17, 15) is 39.0 Å². The van der Waals surface area contributed by atoms with Crippen LogP contribution in [0.15, 0.2) is 50.0 Å². The first kappa shape index (κ1) is 39.3. The Kier molecular flexibility index (Phi) is 12.8. The third kappa shape index (κ3) is 9.36. The van der Waals surface area contributed by atoms with Gasteiger partial charge in [-0.1, -0.05) is 30.8 Å². The normalized spacial score (nSPS) is 17.5. The summed E-state index contributed by atoms with van der Waals surface area (Å²) in [6.45, 7) is 5.00. The van der Waals surface area contributed by atoms with Crippen molar-refractivity contribution in [2.24, 2.45) is 18.1 Å². The lowest BCUT2D eigenvalue weighted by Crippen LogP contribution is -2.71. The predicted molar refractivity (Wildman–Crippen MR) is 195 cm³/mol. The summed E-state index contributed by atoms with van der Waals surface area (Å²) in [6.07, 6.45) is 3.23. The zero-order valence-corrected chi connectivity index (χ0v) is 31.9. The molecule has 53 heavy (non-hydrogen) atoms. The first-order valence-electron chi connectivity index (χ1n) is 15.9. The van der Waals surface area contributed by atoms with Gasteiger partial charge in [0, 0.05) is 58.1 Å². The van der Waals surface area contributed by atoms with Crippen molar-refractivity contribution in [1.29, 1.82) is 0 Å². The number of hydrogen-bond acceptors (Lipinski definition) is 15. The number of β-lactam (4-membered cyclic amide) rings is 1. The molecule has 0 spiro atoms. The average Bonchev–Trinajstić information content (AvgIpc) is 3.78. The molecule has 5 N–H and O–H groups in total. The average molecular weight is 805 g/mol. The van der Waals surface area contributed by atoms with Crippen LogP contribution in [0.1, 0.15) is 39.4 Å². The number of aryl methyl sites for hydroxylation is 1. The van der Waals surface area contributed by atoms with Crippen LogP contribution in [-0.2, 0) is 40.7 Å². The van der Waals surface area contributed by atoms with Crippen molar-refractivity contribution in [3.63, 3.8) is 0 Å². The second-order valence-corrected chi connectivity index (χ2v) is 15.8. The van der Waals surface area contributed by atoms with Gasteiger partial charge in [-0.15, -0.1) is 23.1 Å². The highest BCUT2D eigenvalue weighted by molar-refractivity contribution is 8.07. The smallest absolute Gasteiger partial charge is 0.353 e. The van der Waals surface area contributed by atoms with Crippen molar-refractivity contribution in [3.05, 3.63) is 46.3 Å². The summed E-state index contributed by atoms with van der Waals surface area (Å²) >= 11 is 4.55. The van der Waals surface area contributed by atoms with E-state index in [0.717, 1.165) is 27.7 Å². The summed E-state index contributed by atoms with van der Waals surface area (Å²) in [6, 6.07) is 1.66. The molecule has 0 aliphatic carbocycles. The van der Waals surface area contributed by atoms with Gasteiger partial charge in [0.1, 0.15) is 36.8 Å². The van der Waals surface area contributed by atoms with E-state index in [1.165, 1.54) is 34.9 Å². The highest BCUT2D eigenvalue weighted by Gasteiger charge is 2.54. The molecule has 0 radical (unpaired) electrons. The third-order valence-corrected chi connectivity index (χ3v) is 11.7. The van der Waals surface area contributed by atoms with Gasteiger partial charge in [-0.3, -0.25) is 24.1 Å². The lowest BCUT2D eigenvalue weighted by molar-refractivity contribution is -0.671. The summed E-state index contributed by atoms with van der Waals surface area (Å²) in [4.78, 5) is 90.7. The summed E-state index contributed by atoms with van der Waals surface area (Å²) < 4.78 is 6.60. The number of anilines is 1. The fraction of sp³-hybridized carbons (Fsp3) is 0.387. The number of amides is 4. The third-order valence-electron chi connectivity index (χ3n) is 7.60. The van der Waals surface area contributed by atoms with Crippen molar-refractivity contribution in [2.75, 3.05) is 17.7 Å². The van der Waals surface area contributed by atoms with Crippen LogP contribution in [0.4, 0.5) is 5.13 Å². The molecule has 3 aromatic rings. The van der Waals surface area contributed by atoms with Crippen LogP contribution in [0.5, 0.6) is 0 Å². The molecule has 4 amide bonds. The van der Waals surface area contributed by atoms with E-state index < -0.39 is 53.0 Å². The Morgan fingerprint density at radius 2 is 1.85 bits per heavy atom. The minimum absolute atomic E-state index is 0.0202. The summed E-state index contributed by atoms with van der Waals surface area (Å²) in [5, 5.41) is 31.8. The number of carbonyl (C=O) groups is 6. The molecule has 5 heterocycles. The molecule has 0 bridgehead atoms. The van der Waals surface area contributed by atoms with Crippen molar-refractivity contribution < 1.29 is 48.4 Å². The number of nitrogens with zero attached hydrogens (tertiary/aromatic N) is 6. The predicted octanol–water partition coefficient (Wildman–Crippen LogP) is 1.66. The van der Waals surface area contributed by atoms with Gasteiger partial charge in [-0.2, -0.15) is 9.36 Å². The highest BCUT2D eigenvalue weighted by atomic mass is 32.2. The molecule has 2 aliphatic heterocycles. The van der Waals surface area contributed by atoms with Gasteiger partial charge >= 0.3 is 11.9 Å². The van der Waals surface area contributed by atoms with Gasteiger partial charge in [0.2, 0.25) is 28.5 Å². The number of rotatable bonds is 16. The number of nitrogens with one attached hydrogen (secondary N) is 3. The molecule has 0 aromatic carbocycles. The Balaban J connectivity index is 1.21. The lowest BCUT2D eigenvalue weighted by Gasteiger charge is -2.49. The second-order valence-electron chi connectivity index (χ2n) is 11.7. The number of carboxylic acids is 2. The van der Waals surface area contributed by atoms with Crippen LogP contribution in [0.3, 0.4) is 0 Å². The second kappa shape index (κ2) is 17.3. The van der Waals surface area contributed by atoms with Crippen LogP contribution in [0.2, 0.25) is 0 Å². The Hall–Kier alpha value is -4.93. The fourth-order valence-electron chi connectivity index (χ4n) is 4.94. The molecule has 280 valence electrons. The van der Waals surface area contributed by atoms with E-state index in [1.807, 2.05) is 41.5 Å². The van der Waals surface area contributed by atoms with E-state index in [1.54, 1.807) is 20.8 Å². The summed E-state index contributed by atoms with van der Waals surface area (Å²) in [5.41, 5.74) is 1.08. The molecule has 5 rings (SSSR count). The van der Waals surface area contributed by atoms with E-state index in [2.05, 4.69) is 35.4 Å². The van der Waals surface area contributed by atoms with Gasteiger partial charge in [0.05, 0.1) is 5.69 Å². The summed E-state index contributed by atoms with van der Waals surface area (Å²) in [7, 11) is 1.91. The molecular weight excluding hydrogens is 771 g/mol. The van der Waals surface area contributed by atoms with Crippen LogP contribution in [-0.4, -0.2) is 101 Å². The number of carbonyl (C=O) groups excluding carboxylic acids is 4. The van der Waals surface area contributed by atoms with Crippen LogP contribution in [0, 0.1) is 5.92 Å². The largest absolute Gasteiger partial charge is 0.480 e. The molecule has 0 unspecified atom stereocenters. The number of aliphatic carboxylic acids is 2. The van der Waals surface area contributed by atoms with Crippen LogP contribution < -0.4 is 20.5 Å². The molecule has 22 heteroatoms. The Morgan fingerprint density at radius 3 is 2.51 bits per heavy atom. The number of pyridine rings is 1. The maximum atomic E-state index is 13.4. The zero-order chi connectivity index (χ0) is 38.4. The first-order chi connectivity index (χ1) is 25.3. The number of fused-ring (bicyclic) bond motifs is 1. The standard InChI is InChI=1S/C31H33N9O9S4/c1-5-49-37-21(24-36-30(53-38-24)34-19(42)7-6-18(41)33-20(14(2)3)28(45)46)25(43)35-22-26(44)40-23(29(47)48)17(13-50-27(22)40)52-31-32-16(12-51-31)15-8-10-39(4)11-9-15/h8-12,14,20,22,27H,5-7,13H2,1-4H3,(H4-,33,34,35,36,38,41,42,43,45,46,47,48)/p+1/b37-21-/t20-,22+,27+/m0/s1. The monoisotopic (exact) mass is 804 g/mol. The van der Waals surface area contributed by atoms with E-state index in [4.69, 9.17) is 4.84 Å². The van der Waals surface area contributed by atoms with Crippen LogP contribution >= 0.6 is 46.4 Å². The van der Waals surface area contributed by atoms with E-state index in [0.29, 0.717) is 9.24 Å². The van der Waals surface area contributed by atoms with Crippen molar-refractivity contribution in [1.82, 2.24) is 29.9 Å². The molecule has 18 nitrogen and oxygen atoms in total. The SMILES string of the molecule is CCO/N=C(\C(=O)N[C@@H]1C(=O)N2C(C(=O)O)=C(Sc3nc(-c4cc[n+](C)cc4)cs3)CS[C@H]12)c1nsc(NC(=O)CCC(=O)N[C@H](C(=O)O)C(C)C)n1. The lowest BCUT2D eigenvalue weighted by atomic mass is 10.0. The molecule has 3 atom stereocenters. The number of thioether (sulfide) groups is 2. The maximum Gasteiger partial charge on any atom is 0.353 e. The van der Waals surface area contributed by atoms with Crippen molar-refractivity contribution in [2.45, 2.75) is 55.4 Å². The Bertz CT molecular complexity index is 1980. The molecular formula is C31H34N9O9S4+. The Labute approximate surface area is 318 Å². The molecule has 2 aliphatic rings. The zero-order valence-electron chi connectivity index (χ0n) is 28.6. The number of thiazole rings is 1. The minimum Gasteiger partial charge on any atom is -0.480 e. The number of aromatic nitrogens is 4.